The Morgan fingerprint density at radius 1 is 1.58 bits per heavy atom. The highest BCUT2D eigenvalue weighted by atomic mass is 35.5. The number of thioether (sulfide) groups is 1. The van der Waals surface area contributed by atoms with E-state index in [1.165, 1.54) is 12.8 Å². The van der Waals surface area contributed by atoms with Gasteiger partial charge in [-0.2, -0.15) is 0 Å². The third kappa shape index (κ3) is 1.81. The third-order valence-electron chi connectivity index (χ3n) is 2.54. The zero-order valence-electron chi connectivity index (χ0n) is 6.91. The lowest BCUT2D eigenvalue weighted by Gasteiger charge is -2.29. The number of rotatable bonds is 3. The molecule has 0 aromatic rings. The second-order valence-corrected chi connectivity index (χ2v) is 4.80. The highest BCUT2D eigenvalue weighted by molar-refractivity contribution is 8.03. The fourth-order valence-corrected chi connectivity index (χ4v) is 3.05. The van der Waals surface area contributed by atoms with Crippen LogP contribution in [0.4, 0.5) is 0 Å². The van der Waals surface area contributed by atoms with Crippen LogP contribution in [-0.4, -0.2) is 23.8 Å². The van der Waals surface area contributed by atoms with E-state index in [1.807, 2.05) is 11.8 Å². The predicted octanol–water partition coefficient (Wildman–Crippen LogP) is 2.65. The van der Waals surface area contributed by atoms with Crippen LogP contribution in [0.25, 0.3) is 0 Å². The lowest BCUT2D eigenvalue weighted by molar-refractivity contribution is -0.0596. The molecule has 2 aliphatic heterocycles. The van der Waals surface area contributed by atoms with Gasteiger partial charge in [0.15, 0.2) is 0 Å². The minimum atomic E-state index is 0.518. The molecule has 0 amide bonds. The Morgan fingerprint density at radius 3 is 3.00 bits per heavy atom. The van der Waals surface area contributed by atoms with Gasteiger partial charge in [0.05, 0.1) is 6.10 Å². The minimum absolute atomic E-state index is 0.518. The molecular formula is C9H13ClOS. The molecule has 0 aromatic carbocycles. The van der Waals surface area contributed by atoms with E-state index < -0.39 is 0 Å². The summed E-state index contributed by atoms with van der Waals surface area (Å²) in [6.45, 7) is 0.958. The summed E-state index contributed by atoms with van der Waals surface area (Å²) in [6.07, 6.45) is 5.20. The summed E-state index contributed by atoms with van der Waals surface area (Å²) in [5.41, 5.74) is 0. The molecule has 3 unspecified atom stereocenters. The van der Waals surface area contributed by atoms with Gasteiger partial charge in [0.1, 0.15) is 0 Å². The lowest BCUT2D eigenvalue weighted by atomic mass is 9.95. The van der Waals surface area contributed by atoms with Crippen LogP contribution in [0.15, 0.2) is 11.5 Å². The molecule has 1 saturated heterocycles. The summed E-state index contributed by atoms with van der Waals surface area (Å²) in [5, 5.41) is 2.77. The monoisotopic (exact) mass is 204 g/mol. The van der Waals surface area contributed by atoms with Gasteiger partial charge in [0.25, 0.3) is 0 Å². The van der Waals surface area contributed by atoms with Crippen LogP contribution in [0, 0.1) is 5.92 Å². The van der Waals surface area contributed by atoms with Crippen LogP contribution in [0.2, 0.25) is 0 Å². The number of halogens is 1. The Bertz CT molecular complexity index is 179. The lowest BCUT2D eigenvalue weighted by Crippen LogP contribution is -2.31. The SMILES string of the molecule is ClCC1SC=CC1CC1CCO1. The number of hydrogen-bond acceptors (Lipinski definition) is 2. The average Bonchev–Trinajstić information content (AvgIpc) is 2.43. The molecule has 0 bridgehead atoms. The first-order valence-electron chi connectivity index (χ1n) is 4.40. The maximum atomic E-state index is 5.85. The standard InChI is InChI=1S/C9H13ClOS/c10-6-9-7(2-4-12-9)5-8-1-3-11-8/h2,4,7-9H,1,3,5-6H2. The van der Waals surface area contributed by atoms with E-state index in [9.17, 15) is 0 Å². The van der Waals surface area contributed by atoms with Gasteiger partial charge in [-0.25, -0.2) is 0 Å². The fraction of sp³-hybridized carbons (Fsp3) is 0.778. The van der Waals surface area contributed by atoms with Crippen molar-refractivity contribution in [2.75, 3.05) is 12.5 Å². The van der Waals surface area contributed by atoms with E-state index in [0.717, 1.165) is 12.5 Å². The normalized spacial score (nSPS) is 39.9. The molecule has 1 fully saturated rings. The Kier molecular flexibility index (Phi) is 3.00. The molecule has 2 aliphatic rings. The van der Waals surface area contributed by atoms with Crippen LogP contribution in [0.1, 0.15) is 12.8 Å². The first-order chi connectivity index (χ1) is 5.90. The highest BCUT2D eigenvalue weighted by Crippen LogP contribution is 2.35. The first-order valence-corrected chi connectivity index (χ1v) is 5.87. The Hall–Kier alpha value is 0.340. The van der Waals surface area contributed by atoms with E-state index >= 15 is 0 Å². The summed E-state index contributed by atoms with van der Waals surface area (Å²) in [4.78, 5) is 0. The molecule has 2 rings (SSSR count). The molecule has 0 aromatic heterocycles. The third-order valence-corrected chi connectivity index (χ3v) is 4.23. The van der Waals surface area contributed by atoms with Gasteiger partial charge < -0.3 is 4.74 Å². The van der Waals surface area contributed by atoms with Crippen molar-refractivity contribution >= 4 is 23.4 Å². The van der Waals surface area contributed by atoms with Crippen LogP contribution >= 0.6 is 23.4 Å². The van der Waals surface area contributed by atoms with Crippen molar-refractivity contribution in [3.8, 4) is 0 Å². The quantitative estimate of drug-likeness (QED) is 0.654. The Balaban J connectivity index is 1.80. The van der Waals surface area contributed by atoms with Crippen molar-refractivity contribution in [2.24, 2.45) is 5.92 Å². The van der Waals surface area contributed by atoms with Crippen molar-refractivity contribution < 1.29 is 4.74 Å². The summed E-state index contributed by atoms with van der Waals surface area (Å²) >= 11 is 7.70. The first kappa shape index (κ1) is 8.92. The van der Waals surface area contributed by atoms with Gasteiger partial charge >= 0.3 is 0 Å². The van der Waals surface area contributed by atoms with Crippen molar-refractivity contribution in [1.82, 2.24) is 0 Å². The molecule has 0 spiro atoms. The largest absolute Gasteiger partial charge is 0.378 e. The van der Waals surface area contributed by atoms with E-state index in [0.29, 0.717) is 17.3 Å². The molecule has 3 heteroatoms. The zero-order valence-corrected chi connectivity index (χ0v) is 8.48. The van der Waals surface area contributed by atoms with Crippen LogP contribution in [-0.2, 0) is 4.74 Å². The van der Waals surface area contributed by atoms with Crippen LogP contribution < -0.4 is 0 Å². The summed E-state index contributed by atoms with van der Waals surface area (Å²) < 4.78 is 5.40. The molecular weight excluding hydrogens is 192 g/mol. The molecule has 3 atom stereocenters. The summed E-state index contributed by atoms with van der Waals surface area (Å²) in [5.74, 6) is 1.41. The predicted molar refractivity (Wildman–Crippen MR) is 53.7 cm³/mol. The second-order valence-electron chi connectivity index (χ2n) is 3.34. The van der Waals surface area contributed by atoms with Gasteiger partial charge in [0, 0.05) is 17.7 Å². The number of hydrogen-bond donors (Lipinski definition) is 0. The molecule has 0 aliphatic carbocycles. The van der Waals surface area contributed by atoms with Gasteiger partial charge in [-0.15, -0.1) is 23.4 Å². The molecule has 0 N–H and O–H groups in total. The topological polar surface area (TPSA) is 9.23 Å². The van der Waals surface area contributed by atoms with E-state index in [4.69, 9.17) is 16.3 Å². The smallest absolute Gasteiger partial charge is 0.0603 e. The molecule has 1 nitrogen and oxygen atoms in total. The minimum Gasteiger partial charge on any atom is -0.378 e. The maximum Gasteiger partial charge on any atom is 0.0603 e. The van der Waals surface area contributed by atoms with E-state index in [1.54, 1.807) is 0 Å². The molecule has 0 radical (unpaired) electrons. The molecule has 2 heterocycles. The summed E-state index contributed by atoms with van der Waals surface area (Å²) in [6, 6.07) is 0. The van der Waals surface area contributed by atoms with Gasteiger partial charge in [-0.05, 0) is 24.2 Å². The van der Waals surface area contributed by atoms with E-state index in [-0.39, 0.29) is 0 Å². The second kappa shape index (κ2) is 4.03. The van der Waals surface area contributed by atoms with E-state index in [2.05, 4.69) is 11.5 Å². The van der Waals surface area contributed by atoms with Gasteiger partial charge in [-0.1, -0.05) is 6.08 Å². The maximum absolute atomic E-state index is 5.85. The van der Waals surface area contributed by atoms with Gasteiger partial charge in [0.2, 0.25) is 0 Å². The molecule has 68 valence electrons. The average molecular weight is 205 g/mol. The van der Waals surface area contributed by atoms with Crippen molar-refractivity contribution in [3.63, 3.8) is 0 Å². The Labute approximate surface area is 82.5 Å². The number of ether oxygens (including phenoxy) is 1. The summed E-state index contributed by atoms with van der Waals surface area (Å²) in [7, 11) is 0. The number of allylic oxidation sites excluding steroid dienone is 1. The van der Waals surface area contributed by atoms with Crippen LogP contribution in [0.5, 0.6) is 0 Å². The zero-order chi connectivity index (χ0) is 8.39. The van der Waals surface area contributed by atoms with Crippen molar-refractivity contribution in [3.05, 3.63) is 11.5 Å². The Morgan fingerprint density at radius 2 is 2.42 bits per heavy atom. The van der Waals surface area contributed by atoms with Crippen molar-refractivity contribution in [2.45, 2.75) is 24.2 Å². The fourth-order valence-electron chi connectivity index (χ4n) is 1.63. The molecule has 0 saturated carbocycles. The number of alkyl halides is 1. The molecule has 12 heavy (non-hydrogen) atoms. The highest BCUT2D eigenvalue weighted by Gasteiger charge is 2.28. The van der Waals surface area contributed by atoms with Crippen molar-refractivity contribution in [1.29, 1.82) is 0 Å². The van der Waals surface area contributed by atoms with Crippen LogP contribution in [0.3, 0.4) is 0 Å². The van der Waals surface area contributed by atoms with Gasteiger partial charge in [-0.3, -0.25) is 0 Å².